The molecule has 0 spiro atoms. The third-order valence-electron chi connectivity index (χ3n) is 6.66. The molecule has 122 valence electrons. The highest BCUT2D eigenvalue weighted by atomic mass is 16.3. The standard InChI is InChI=1S/C20H30O2/c1-4-5-6-7-14-10-16(21)12-18(22)19(14)20(3)15-9-8-13(2)17(20)11-15/h8,10,12,14-15,17,19,21-22H,4-7,9,11H2,1-3H3/t14?,15-,17-,19?,20?/m0/s1. The maximum atomic E-state index is 10.6. The van der Waals surface area contributed by atoms with Crippen molar-refractivity contribution in [1.82, 2.24) is 0 Å². The van der Waals surface area contributed by atoms with Crippen LogP contribution < -0.4 is 0 Å². The van der Waals surface area contributed by atoms with Crippen LogP contribution in [0.3, 0.4) is 0 Å². The second-order valence-corrected chi connectivity index (χ2v) is 7.83. The van der Waals surface area contributed by atoms with Gasteiger partial charge in [0.1, 0.15) is 11.5 Å². The summed E-state index contributed by atoms with van der Waals surface area (Å²) in [6.07, 6.45) is 13.1. The molecular weight excluding hydrogens is 272 g/mol. The van der Waals surface area contributed by atoms with Crippen LogP contribution in [0.4, 0.5) is 0 Å². The first-order chi connectivity index (χ1) is 10.5. The minimum atomic E-state index is 0.160. The molecule has 22 heavy (non-hydrogen) atoms. The molecule has 3 rings (SSSR count). The van der Waals surface area contributed by atoms with Crippen molar-refractivity contribution in [3.05, 3.63) is 35.3 Å². The largest absolute Gasteiger partial charge is 0.512 e. The fourth-order valence-electron chi connectivity index (χ4n) is 5.37. The molecule has 0 aromatic heterocycles. The lowest BCUT2D eigenvalue weighted by Gasteiger charge is -2.62. The molecule has 2 nitrogen and oxygen atoms in total. The van der Waals surface area contributed by atoms with Crippen LogP contribution in [0.5, 0.6) is 0 Å². The Bertz CT molecular complexity index is 528. The molecular formula is C20H30O2. The van der Waals surface area contributed by atoms with Gasteiger partial charge in [0.15, 0.2) is 0 Å². The molecule has 0 aliphatic heterocycles. The van der Waals surface area contributed by atoms with Crippen LogP contribution in [0.25, 0.3) is 0 Å². The summed E-state index contributed by atoms with van der Waals surface area (Å²) >= 11 is 0. The summed E-state index contributed by atoms with van der Waals surface area (Å²) in [5, 5.41) is 20.6. The van der Waals surface area contributed by atoms with Crippen molar-refractivity contribution in [2.24, 2.45) is 29.1 Å². The minimum Gasteiger partial charge on any atom is -0.512 e. The van der Waals surface area contributed by atoms with Crippen molar-refractivity contribution >= 4 is 0 Å². The number of aliphatic hydroxyl groups excluding tert-OH is 2. The van der Waals surface area contributed by atoms with Gasteiger partial charge in [0.25, 0.3) is 0 Å². The first-order valence-corrected chi connectivity index (χ1v) is 8.96. The summed E-state index contributed by atoms with van der Waals surface area (Å²) in [6, 6.07) is 0. The van der Waals surface area contributed by atoms with Crippen molar-refractivity contribution in [1.29, 1.82) is 0 Å². The Balaban J connectivity index is 1.86. The SMILES string of the molecule is CCCCCC1C=C(O)C=C(O)C1C1(C)[C@H]2CC=C(C)[C@@H]1C2. The van der Waals surface area contributed by atoms with Gasteiger partial charge in [-0.15, -0.1) is 0 Å². The number of rotatable bonds is 5. The number of hydrogen-bond acceptors (Lipinski definition) is 2. The van der Waals surface area contributed by atoms with Crippen molar-refractivity contribution < 1.29 is 10.2 Å². The molecule has 0 saturated heterocycles. The van der Waals surface area contributed by atoms with Crippen LogP contribution in [-0.4, -0.2) is 10.2 Å². The second-order valence-electron chi connectivity index (χ2n) is 7.83. The maximum Gasteiger partial charge on any atom is 0.115 e. The second kappa shape index (κ2) is 5.79. The lowest BCUT2D eigenvalue weighted by molar-refractivity contribution is -0.0914. The highest BCUT2D eigenvalue weighted by Crippen LogP contribution is 2.66. The summed E-state index contributed by atoms with van der Waals surface area (Å²) in [5.41, 5.74) is 1.66. The van der Waals surface area contributed by atoms with Crippen LogP contribution in [0.2, 0.25) is 0 Å². The summed E-state index contributed by atoms with van der Waals surface area (Å²) in [5.74, 6) is 2.40. The third kappa shape index (κ3) is 2.31. The quantitative estimate of drug-likeness (QED) is 0.506. The lowest BCUT2D eigenvalue weighted by Crippen LogP contribution is -2.56. The Hall–Kier alpha value is -1.18. The van der Waals surface area contributed by atoms with Gasteiger partial charge in [0.05, 0.1) is 0 Å². The first kappa shape index (κ1) is 15.7. The molecule has 2 bridgehead atoms. The molecule has 0 heterocycles. The molecule has 0 aromatic carbocycles. The molecule has 0 aromatic rings. The van der Waals surface area contributed by atoms with Gasteiger partial charge in [-0.1, -0.05) is 44.8 Å². The molecule has 3 aliphatic carbocycles. The van der Waals surface area contributed by atoms with Crippen LogP contribution in [0.1, 0.15) is 59.3 Å². The number of allylic oxidation sites excluding steroid dienone is 5. The topological polar surface area (TPSA) is 40.5 Å². The minimum absolute atomic E-state index is 0.160. The molecule has 3 aliphatic rings. The van der Waals surface area contributed by atoms with Crippen LogP contribution >= 0.6 is 0 Å². The van der Waals surface area contributed by atoms with E-state index in [0.717, 1.165) is 12.8 Å². The van der Waals surface area contributed by atoms with Crippen molar-refractivity contribution in [3.63, 3.8) is 0 Å². The van der Waals surface area contributed by atoms with Crippen molar-refractivity contribution in [2.45, 2.75) is 59.3 Å². The number of unbranched alkanes of at least 4 members (excludes halogenated alkanes) is 2. The fourth-order valence-corrected chi connectivity index (χ4v) is 5.37. The summed E-state index contributed by atoms with van der Waals surface area (Å²) in [4.78, 5) is 0. The van der Waals surface area contributed by atoms with E-state index >= 15 is 0 Å². The average Bonchev–Trinajstić information content (AvgIpc) is 2.46. The normalized spacial score (nSPS) is 40.4. The fraction of sp³-hybridized carbons (Fsp3) is 0.700. The van der Waals surface area contributed by atoms with Gasteiger partial charge >= 0.3 is 0 Å². The highest BCUT2D eigenvalue weighted by Gasteiger charge is 2.59. The zero-order chi connectivity index (χ0) is 15.9. The highest BCUT2D eigenvalue weighted by molar-refractivity contribution is 5.32. The van der Waals surface area contributed by atoms with E-state index in [1.807, 2.05) is 6.08 Å². The van der Waals surface area contributed by atoms with Gasteiger partial charge in [-0.3, -0.25) is 0 Å². The van der Waals surface area contributed by atoms with E-state index in [1.165, 1.54) is 31.3 Å². The number of hydrogen-bond donors (Lipinski definition) is 2. The van der Waals surface area contributed by atoms with E-state index in [0.29, 0.717) is 17.6 Å². The summed E-state index contributed by atoms with van der Waals surface area (Å²) < 4.78 is 0. The van der Waals surface area contributed by atoms with Gasteiger partial charge in [0, 0.05) is 12.0 Å². The Labute approximate surface area is 134 Å². The first-order valence-electron chi connectivity index (χ1n) is 8.96. The van der Waals surface area contributed by atoms with E-state index < -0.39 is 0 Å². The van der Waals surface area contributed by atoms with Crippen LogP contribution in [0, 0.1) is 29.1 Å². The molecule has 1 saturated carbocycles. The monoisotopic (exact) mass is 302 g/mol. The smallest absolute Gasteiger partial charge is 0.115 e. The zero-order valence-corrected chi connectivity index (χ0v) is 14.2. The molecule has 2 heteroatoms. The molecule has 0 amide bonds. The van der Waals surface area contributed by atoms with Crippen LogP contribution in [0.15, 0.2) is 35.3 Å². The third-order valence-corrected chi connectivity index (χ3v) is 6.66. The molecule has 1 fully saturated rings. The molecule has 0 radical (unpaired) electrons. The van der Waals surface area contributed by atoms with E-state index in [9.17, 15) is 10.2 Å². The predicted octanol–water partition coefficient (Wildman–Crippen LogP) is 5.69. The van der Waals surface area contributed by atoms with Gasteiger partial charge in [-0.25, -0.2) is 0 Å². The Kier molecular flexibility index (Phi) is 4.13. The summed E-state index contributed by atoms with van der Waals surface area (Å²) in [7, 11) is 0. The van der Waals surface area contributed by atoms with E-state index in [1.54, 1.807) is 6.08 Å². The Morgan fingerprint density at radius 3 is 2.68 bits per heavy atom. The van der Waals surface area contributed by atoms with Gasteiger partial charge < -0.3 is 10.2 Å². The molecule has 3 unspecified atom stereocenters. The summed E-state index contributed by atoms with van der Waals surface area (Å²) in [6.45, 7) is 6.84. The van der Waals surface area contributed by atoms with E-state index in [2.05, 4.69) is 26.8 Å². The number of fused-ring (bicyclic) bond motifs is 2. The Morgan fingerprint density at radius 1 is 1.27 bits per heavy atom. The average molecular weight is 302 g/mol. The Morgan fingerprint density at radius 2 is 2.05 bits per heavy atom. The number of aliphatic hydroxyl groups is 2. The zero-order valence-electron chi connectivity index (χ0n) is 14.2. The van der Waals surface area contributed by atoms with Gasteiger partial charge in [-0.2, -0.15) is 0 Å². The lowest BCUT2D eigenvalue weighted by atomic mass is 9.42. The van der Waals surface area contributed by atoms with Gasteiger partial charge in [-0.05, 0) is 55.4 Å². The van der Waals surface area contributed by atoms with Crippen molar-refractivity contribution in [3.8, 4) is 0 Å². The van der Waals surface area contributed by atoms with Crippen molar-refractivity contribution in [2.75, 3.05) is 0 Å². The van der Waals surface area contributed by atoms with Gasteiger partial charge in [0.2, 0.25) is 0 Å². The predicted molar refractivity (Wildman–Crippen MR) is 90.6 cm³/mol. The van der Waals surface area contributed by atoms with E-state index in [4.69, 9.17) is 0 Å². The van der Waals surface area contributed by atoms with E-state index in [-0.39, 0.29) is 23.0 Å². The molecule has 5 atom stereocenters. The van der Waals surface area contributed by atoms with Crippen LogP contribution in [-0.2, 0) is 0 Å². The maximum absolute atomic E-state index is 10.6. The molecule has 2 N–H and O–H groups in total.